The largest absolute Gasteiger partial charge is 0.490 e. The van der Waals surface area contributed by atoms with Crippen LogP contribution in [0.1, 0.15) is 74.4 Å². The van der Waals surface area contributed by atoms with Crippen LogP contribution in [0.25, 0.3) is 0 Å². The van der Waals surface area contributed by atoms with Gasteiger partial charge in [0.2, 0.25) is 0 Å². The minimum absolute atomic E-state index is 0.0132. The maximum absolute atomic E-state index is 14.0. The van der Waals surface area contributed by atoms with Crippen LogP contribution in [0, 0.1) is 23.7 Å². The molecule has 232 valence electrons. The highest BCUT2D eigenvalue weighted by molar-refractivity contribution is 7.99. The lowest BCUT2D eigenvalue weighted by molar-refractivity contribution is 0.0455. The van der Waals surface area contributed by atoms with Crippen LogP contribution in [-0.4, -0.2) is 52.1 Å². The standard InChI is InChI=1S/C35H45ClN2O4S/c1-22(2)33-23(3)7-5-9-31(39)28-13-10-26(28)19-38-20-35(16-6-8-24-17-27(36)12-14-29(24)35)21-42-32-15-11-25(18-30(32)38)34(40)37-43(33,4)41/h5,9,11-12,14-15,17-18,22-23,26,28,31,33,39H,4,6-8,10,13,16,19-21H2,1-3H3,(H,37,40,41)/b9-5+/t23-,26+,28-,31+,33+,35+,43?/m1/s1. The molecule has 0 saturated heterocycles. The van der Waals surface area contributed by atoms with Crippen molar-refractivity contribution in [3.63, 3.8) is 0 Å². The number of aryl methyl sites for hydroxylation is 1. The van der Waals surface area contributed by atoms with Gasteiger partial charge < -0.3 is 14.7 Å². The van der Waals surface area contributed by atoms with Gasteiger partial charge in [-0.1, -0.05) is 50.6 Å². The first-order chi connectivity index (χ1) is 20.5. The Kier molecular flexibility index (Phi) is 8.38. The number of rotatable bonds is 1. The molecule has 2 N–H and O–H groups in total. The van der Waals surface area contributed by atoms with Crippen LogP contribution in [0.5, 0.6) is 5.75 Å². The van der Waals surface area contributed by atoms with Gasteiger partial charge in [0.15, 0.2) is 0 Å². The zero-order valence-corrected chi connectivity index (χ0v) is 27.1. The van der Waals surface area contributed by atoms with Gasteiger partial charge in [0.1, 0.15) is 5.75 Å². The first kappa shape index (κ1) is 30.5. The normalized spacial score (nSPS) is 35.2. The molecule has 6 rings (SSSR count). The van der Waals surface area contributed by atoms with E-state index in [2.05, 4.69) is 34.5 Å². The summed E-state index contributed by atoms with van der Waals surface area (Å²) in [7, 11) is -2.97. The summed E-state index contributed by atoms with van der Waals surface area (Å²) in [6.45, 7) is 8.15. The average Bonchev–Trinajstić information content (AvgIpc) is 3.07. The third-order valence-electron chi connectivity index (χ3n) is 10.4. The Bertz CT molecular complexity index is 1520. The Hall–Kier alpha value is -2.48. The number of carbonyl (C=O) groups excluding carboxylic acids is 1. The van der Waals surface area contributed by atoms with Gasteiger partial charge in [-0.15, -0.1) is 0 Å². The van der Waals surface area contributed by atoms with Crippen molar-refractivity contribution < 1.29 is 18.8 Å². The van der Waals surface area contributed by atoms with Crippen LogP contribution in [0.4, 0.5) is 5.69 Å². The number of allylic oxidation sites excluding steroid dienone is 1. The molecule has 0 aromatic heterocycles. The van der Waals surface area contributed by atoms with E-state index in [1.165, 1.54) is 11.1 Å². The van der Waals surface area contributed by atoms with Gasteiger partial charge >= 0.3 is 0 Å². The predicted molar refractivity (Wildman–Crippen MR) is 177 cm³/mol. The van der Waals surface area contributed by atoms with Crippen molar-refractivity contribution in [2.75, 3.05) is 24.6 Å². The van der Waals surface area contributed by atoms with Gasteiger partial charge in [0, 0.05) is 29.1 Å². The summed E-state index contributed by atoms with van der Waals surface area (Å²) in [6.07, 6.45) is 9.18. The molecule has 2 heterocycles. The van der Waals surface area contributed by atoms with E-state index in [0.717, 1.165) is 61.7 Å². The summed E-state index contributed by atoms with van der Waals surface area (Å²) in [5, 5.41) is 11.7. The second-order valence-electron chi connectivity index (χ2n) is 13.8. The minimum atomic E-state index is -2.97. The zero-order valence-electron chi connectivity index (χ0n) is 25.6. The number of carbonyl (C=O) groups is 1. The van der Waals surface area contributed by atoms with Crippen molar-refractivity contribution in [2.24, 2.45) is 23.7 Å². The molecule has 1 unspecified atom stereocenters. The second-order valence-corrected chi connectivity index (χ2v) is 16.4. The first-order valence-corrected chi connectivity index (χ1v) is 18.0. The van der Waals surface area contributed by atoms with Gasteiger partial charge in [-0.2, -0.15) is 0 Å². The third kappa shape index (κ3) is 5.85. The Balaban J connectivity index is 1.43. The molecule has 43 heavy (non-hydrogen) atoms. The van der Waals surface area contributed by atoms with Gasteiger partial charge in [0.25, 0.3) is 5.91 Å². The molecule has 7 atom stereocenters. The first-order valence-electron chi connectivity index (χ1n) is 15.8. The van der Waals surface area contributed by atoms with Crippen LogP contribution in [-0.2, 0) is 21.5 Å². The highest BCUT2D eigenvalue weighted by atomic mass is 35.5. The Labute approximate surface area is 262 Å². The van der Waals surface area contributed by atoms with Gasteiger partial charge in [-0.25, -0.2) is 4.21 Å². The fourth-order valence-corrected chi connectivity index (χ4v) is 10.8. The van der Waals surface area contributed by atoms with E-state index < -0.39 is 15.8 Å². The van der Waals surface area contributed by atoms with Crippen LogP contribution in [0.15, 0.2) is 48.6 Å². The maximum atomic E-state index is 14.0. The Morgan fingerprint density at radius 2 is 2.02 bits per heavy atom. The van der Waals surface area contributed by atoms with Crippen LogP contribution in [0.2, 0.25) is 5.02 Å². The van der Waals surface area contributed by atoms with Gasteiger partial charge in [0.05, 0.1) is 33.4 Å². The molecule has 0 radical (unpaired) electrons. The van der Waals surface area contributed by atoms with E-state index >= 15 is 0 Å². The molecule has 4 aliphatic rings. The maximum Gasteiger partial charge on any atom is 0.262 e. The smallest absolute Gasteiger partial charge is 0.262 e. The summed E-state index contributed by atoms with van der Waals surface area (Å²) in [4.78, 5) is 16.1. The zero-order chi connectivity index (χ0) is 30.5. The lowest BCUT2D eigenvalue weighted by Gasteiger charge is -2.45. The monoisotopic (exact) mass is 624 g/mol. The molecule has 1 saturated carbocycles. The van der Waals surface area contributed by atoms with Crippen LogP contribution in [0.3, 0.4) is 0 Å². The molecule has 2 aromatic carbocycles. The van der Waals surface area contributed by atoms with Crippen molar-refractivity contribution in [3.8, 4) is 5.75 Å². The number of ether oxygens (including phenoxy) is 1. The van der Waals surface area contributed by atoms with Crippen molar-refractivity contribution in [1.82, 2.24) is 4.72 Å². The van der Waals surface area contributed by atoms with Gasteiger partial charge in [-0.3, -0.25) is 9.52 Å². The molecule has 8 heteroatoms. The number of benzene rings is 2. The SMILES string of the molecule is C=S1(=O)NC(=O)c2ccc3c(c2)N(C[C@@H]2CC[C@H]2[C@@H](O)/C=C/C[C@@H](C)[C@@H]1C(C)C)C[C@@]1(CCCc2cc(Cl)ccc21)CO3. The van der Waals surface area contributed by atoms with E-state index in [4.69, 9.17) is 16.3 Å². The molecule has 2 bridgehead atoms. The molecule has 1 fully saturated rings. The Morgan fingerprint density at radius 1 is 1.21 bits per heavy atom. The van der Waals surface area contributed by atoms with Crippen LogP contribution >= 0.6 is 11.6 Å². The highest BCUT2D eigenvalue weighted by Crippen LogP contribution is 2.46. The molecule has 6 nitrogen and oxygen atoms in total. The molecule has 1 spiro atoms. The van der Waals surface area contributed by atoms with Crippen molar-refractivity contribution >= 4 is 38.8 Å². The number of halogens is 1. The van der Waals surface area contributed by atoms with Crippen molar-refractivity contribution in [2.45, 2.75) is 76.1 Å². The number of hydrogen-bond acceptors (Lipinski definition) is 5. The quantitative estimate of drug-likeness (QED) is 0.293. The molecule has 1 amide bonds. The Morgan fingerprint density at radius 3 is 2.77 bits per heavy atom. The number of aliphatic hydroxyl groups excluding tert-OH is 1. The number of nitrogens with one attached hydrogen (secondary N) is 1. The third-order valence-corrected chi connectivity index (χ3v) is 13.1. The summed E-state index contributed by atoms with van der Waals surface area (Å²) in [5.41, 5.74) is 3.67. The highest BCUT2D eigenvalue weighted by Gasteiger charge is 2.44. The minimum Gasteiger partial charge on any atom is -0.490 e. The topological polar surface area (TPSA) is 78.9 Å². The van der Waals surface area contributed by atoms with E-state index in [9.17, 15) is 14.1 Å². The van der Waals surface area contributed by atoms with Crippen molar-refractivity contribution in [3.05, 3.63) is 70.3 Å². The molecular formula is C35H45ClN2O4S. The fraction of sp³-hybridized carbons (Fsp3) is 0.543. The lowest BCUT2D eigenvalue weighted by Crippen LogP contribution is -2.49. The van der Waals surface area contributed by atoms with E-state index in [-0.39, 0.29) is 34.3 Å². The predicted octanol–water partition coefficient (Wildman–Crippen LogP) is 6.18. The summed E-state index contributed by atoms with van der Waals surface area (Å²) >= 11 is 6.41. The van der Waals surface area contributed by atoms with Crippen LogP contribution < -0.4 is 14.4 Å². The second kappa shape index (κ2) is 11.8. The average molecular weight is 625 g/mol. The molecule has 2 aliphatic carbocycles. The summed E-state index contributed by atoms with van der Waals surface area (Å²) < 4.78 is 23.4. The van der Waals surface area contributed by atoms with E-state index in [0.29, 0.717) is 24.5 Å². The summed E-state index contributed by atoms with van der Waals surface area (Å²) in [5.74, 6) is 4.98. The number of aliphatic hydroxyl groups is 1. The number of nitrogens with zero attached hydrogens (tertiary/aromatic N) is 1. The molecular weight excluding hydrogens is 580 g/mol. The lowest BCUT2D eigenvalue weighted by atomic mass is 9.68. The molecule has 2 aliphatic heterocycles. The summed E-state index contributed by atoms with van der Waals surface area (Å²) in [6, 6.07) is 11.8. The number of fused-ring (bicyclic) bond motifs is 4. The number of amides is 1. The fourth-order valence-electron chi connectivity index (χ4n) is 8.27. The number of anilines is 1. The van der Waals surface area contributed by atoms with E-state index in [1.807, 2.05) is 44.2 Å². The number of hydrogen-bond donors (Lipinski definition) is 2. The molecule has 2 aromatic rings. The van der Waals surface area contributed by atoms with E-state index in [1.54, 1.807) is 6.07 Å². The van der Waals surface area contributed by atoms with Crippen molar-refractivity contribution in [1.29, 1.82) is 0 Å². The van der Waals surface area contributed by atoms with Gasteiger partial charge in [-0.05, 0) is 110 Å².